The van der Waals surface area contributed by atoms with Gasteiger partial charge in [0.15, 0.2) is 5.78 Å². The van der Waals surface area contributed by atoms with Gasteiger partial charge in [0, 0.05) is 5.56 Å². The summed E-state index contributed by atoms with van der Waals surface area (Å²) in [6.07, 6.45) is 0. The Labute approximate surface area is 170 Å². The van der Waals surface area contributed by atoms with E-state index in [0.29, 0.717) is 16.9 Å². The van der Waals surface area contributed by atoms with Gasteiger partial charge < -0.3 is 19.9 Å². The lowest BCUT2D eigenvalue weighted by Gasteiger charge is -2.28. The fraction of sp³-hybridized carbons (Fsp3) is 0.150. The molecule has 10 nitrogen and oxygen atoms in total. The summed E-state index contributed by atoms with van der Waals surface area (Å²) in [7, 11) is 2.71. The van der Waals surface area contributed by atoms with Gasteiger partial charge in [-0.25, -0.2) is 4.79 Å². The highest BCUT2D eigenvalue weighted by atomic mass is 16.5. The summed E-state index contributed by atoms with van der Waals surface area (Å²) in [4.78, 5) is 26.2. The summed E-state index contributed by atoms with van der Waals surface area (Å²) in [5, 5.41) is 24.3. The smallest absolute Gasteiger partial charge is 0.355 e. The average molecular weight is 407 g/mol. The zero-order chi connectivity index (χ0) is 21.3. The largest absolute Gasteiger partial charge is 0.508 e. The number of nitrogens with zero attached hydrogens (tertiary/aromatic N) is 4. The first kappa shape index (κ1) is 19.1. The van der Waals surface area contributed by atoms with Crippen molar-refractivity contribution in [1.29, 1.82) is 0 Å². The molecule has 1 aliphatic rings. The first-order valence-corrected chi connectivity index (χ1v) is 8.88. The Bertz CT molecular complexity index is 1170. The summed E-state index contributed by atoms with van der Waals surface area (Å²) in [6.45, 7) is 0. The highest BCUT2D eigenvalue weighted by Gasteiger charge is 2.38. The van der Waals surface area contributed by atoms with Crippen molar-refractivity contribution in [1.82, 2.24) is 20.2 Å². The van der Waals surface area contributed by atoms with Crippen molar-refractivity contribution in [3.8, 4) is 11.5 Å². The molecule has 2 aromatic carbocycles. The molecule has 0 bridgehead atoms. The number of ether oxygens (including phenoxy) is 2. The van der Waals surface area contributed by atoms with Gasteiger partial charge in [-0.15, -0.1) is 0 Å². The number of methoxy groups -OCH3 is 2. The number of esters is 1. The summed E-state index contributed by atoms with van der Waals surface area (Å²) in [5.74, 6) is -0.557. The van der Waals surface area contributed by atoms with Crippen LogP contribution in [-0.4, -0.2) is 51.3 Å². The molecule has 2 N–H and O–H groups in total. The Balaban J connectivity index is 1.95. The fourth-order valence-corrected chi connectivity index (χ4v) is 3.31. The lowest BCUT2D eigenvalue weighted by atomic mass is 9.89. The molecule has 1 atom stereocenters. The standard InChI is InChI=1S/C20H17N5O5/c1-29-14-8-4-6-12(10-14)18(27)15-16(19(28)30-2)21-20-22-23-24-25(20)17(15)11-5-3-7-13(26)9-11/h3-10,17,26H,1-2H3,(H,21,22,24)/t17-/m0/s1. The number of carbonyl (C=O) groups excluding carboxylic acids is 2. The number of aromatic nitrogens is 4. The molecule has 3 aromatic rings. The second-order valence-corrected chi connectivity index (χ2v) is 6.41. The number of rotatable bonds is 5. The van der Waals surface area contributed by atoms with Crippen molar-refractivity contribution >= 4 is 17.7 Å². The summed E-state index contributed by atoms with van der Waals surface area (Å²) in [6, 6.07) is 12.0. The van der Waals surface area contributed by atoms with Gasteiger partial charge in [0.2, 0.25) is 5.95 Å². The molecule has 4 rings (SSSR count). The highest BCUT2D eigenvalue weighted by molar-refractivity contribution is 6.15. The molecule has 10 heteroatoms. The minimum absolute atomic E-state index is 0.00606. The molecule has 0 spiro atoms. The van der Waals surface area contributed by atoms with Gasteiger partial charge in [0.1, 0.15) is 23.2 Å². The zero-order valence-corrected chi connectivity index (χ0v) is 16.1. The van der Waals surface area contributed by atoms with Crippen molar-refractivity contribution < 1.29 is 24.2 Å². The SMILES string of the molecule is COC(=O)C1=C(C(=O)c2cccc(OC)c2)[C@H](c2cccc(O)c2)n2nnnc2N1. The third-order valence-corrected chi connectivity index (χ3v) is 4.67. The van der Waals surface area contributed by atoms with E-state index in [1.54, 1.807) is 36.4 Å². The molecule has 0 fully saturated rings. The van der Waals surface area contributed by atoms with E-state index in [1.807, 2.05) is 0 Å². The number of Topliss-reactive ketones (excluding diaryl/α,β-unsaturated/α-hetero) is 1. The Morgan fingerprint density at radius 2 is 1.93 bits per heavy atom. The van der Waals surface area contributed by atoms with Crippen LogP contribution >= 0.6 is 0 Å². The Morgan fingerprint density at radius 3 is 2.67 bits per heavy atom. The van der Waals surface area contributed by atoms with E-state index < -0.39 is 17.8 Å². The first-order chi connectivity index (χ1) is 14.5. The Morgan fingerprint density at radius 1 is 1.13 bits per heavy atom. The molecule has 0 unspecified atom stereocenters. The molecule has 0 saturated heterocycles. The molecular weight excluding hydrogens is 390 g/mol. The van der Waals surface area contributed by atoms with E-state index in [2.05, 4.69) is 20.8 Å². The molecule has 1 aromatic heterocycles. The Kier molecular flexibility index (Phi) is 4.88. The molecule has 0 radical (unpaired) electrons. The number of hydrogen-bond donors (Lipinski definition) is 2. The fourth-order valence-electron chi connectivity index (χ4n) is 3.31. The van der Waals surface area contributed by atoms with Crippen LogP contribution in [0.4, 0.5) is 5.95 Å². The van der Waals surface area contributed by atoms with Crippen molar-refractivity contribution in [3.05, 3.63) is 70.9 Å². The normalized spacial score (nSPS) is 15.2. The average Bonchev–Trinajstić information content (AvgIpc) is 3.25. The summed E-state index contributed by atoms with van der Waals surface area (Å²) in [5.41, 5.74) is 0.799. The van der Waals surface area contributed by atoms with Crippen LogP contribution in [0.1, 0.15) is 22.0 Å². The number of aromatic hydroxyl groups is 1. The maximum absolute atomic E-state index is 13.6. The first-order valence-electron chi connectivity index (χ1n) is 8.88. The molecule has 2 heterocycles. The number of tetrazole rings is 1. The van der Waals surface area contributed by atoms with E-state index in [9.17, 15) is 14.7 Å². The number of benzene rings is 2. The molecule has 0 amide bonds. The number of nitrogens with one attached hydrogen (secondary N) is 1. The monoisotopic (exact) mass is 407 g/mol. The van der Waals surface area contributed by atoms with Gasteiger partial charge >= 0.3 is 5.97 Å². The van der Waals surface area contributed by atoms with Crippen LogP contribution < -0.4 is 10.1 Å². The predicted octanol–water partition coefficient (Wildman–Crippen LogP) is 1.71. The zero-order valence-electron chi connectivity index (χ0n) is 16.1. The number of phenolic OH excluding ortho intramolecular Hbond substituents is 1. The number of phenols is 1. The maximum atomic E-state index is 13.6. The summed E-state index contributed by atoms with van der Waals surface area (Å²) < 4.78 is 11.5. The molecule has 152 valence electrons. The molecule has 0 aliphatic carbocycles. The third kappa shape index (κ3) is 3.24. The van der Waals surface area contributed by atoms with Gasteiger partial charge in [-0.2, -0.15) is 4.68 Å². The van der Waals surface area contributed by atoms with Crippen LogP contribution in [0.15, 0.2) is 59.8 Å². The van der Waals surface area contributed by atoms with Gasteiger partial charge in [-0.1, -0.05) is 29.4 Å². The molecule has 0 saturated carbocycles. The number of fused-ring (bicyclic) bond motifs is 1. The summed E-state index contributed by atoms with van der Waals surface area (Å²) >= 11 is 0. The van der Waals surface area contributed by atoms with Crippen molar-refractivity contribution in [3.63, 3.8) is 0 Å². The van der Waals surface area contributed by atoms with Gasteiger partial charge in [-0.05, 0) is 40.3 Å². The van der Waals surface area contributed by atoms with Crippen LogP contribution in [-0.2, 0) is 9.53 Å². The van der Waals surface area contributed by atoms with Gasteiger partial charge in [-0.3, -0.25) is 4.79 Å². The van der Waals surface area contributed by atoms with Crippen molar-refractivity contribution in [2.75, 3.05) is 19.5 Å². The topological polar surface area (TPSA) is 128 Å². The van der Waals surface area contributed by atoms with Gasteiger partial charge in [0.05, 0.1) is 19.8 Å². The lowest BCUT2D eigenvalue weighted by molar-refractivity contribution is -0.136. The van der Waals surface area contributed by atoms with E-state index in [0.717, 1.165) is 0 Å². The minimum atomic E-state index is -0.879. The Hall–Kier alpha value is -4.21. The second-order valence-electron chi connectivity index (χ2n) is 6.41. The van der Waals surface area contributed by atoms with Crippen LogP contribution in [0, 0.1) is 0 Å². The molecule has 30 heavy (non-hydrogen) atoms. The lowest BCUT2D eigenvalue weighted by Crippen LogP contribution is -2.32. The highest BCUT2D eigenvalue weighted by Crippen LogP contribution is 2.37. The van der Waals surface area contributed by atoms with E-state index in [4.69, 9.17) is 9.47 Å². The maximum Gasteiger partial charge on any atom is 0.355 e. The second kappa shape index (κ2) is 7.66. The number of anilines is 1. The number of hydrogen-bond acceptors (Lipinski definition) is 9. The third-order valence-electron chi connectivity index (χ3n) is 4.67. The number of allylic oxidation sites excluding steroid dienone is 1. The number of ketones is 1. The van der Waals surface area contributed by atoms with E-state index in [1.165, 1.54) is 31.0 Å². The molecule has 1 aliphatic heterocycles. The van der Waals surface area contributed by atoms with E-state index in [-0.39, 0.29) is 23.0 Å². The predicted molar refractivity (Wildman–Crippen MR) is 104 cm³/mol. The van der Waals surface area contributed by atoms with Crippen LogP contribution in [0.5, 0.6) is 11.5 Å². The van der Waals surface area contributed by atoms with Crippen LogP contribution in [0.2, 0.25) is 0 Å². The quantitative estimate of drug-likeness (QED) is 0.480. The van der Waals surface area contributed by atoms with Crippen LogP contribution in [0.25, 0.3) is 0 Å². The minimum Gasteiger partial charge on any atom is -0.508 e. The van der Waals surface area contributed by atoms with E-state index >= 15 is 0 Å². The van der Waals surface area contributed by atoms with Crippen LogP contribution in [0.3, 0.4) is 0 Å². The van der Waals surface area contributed by atoms with Gasteiger partial charge in [0.25, 0.3) is 0 Å². The van der Waals surface area contributed by atoms with Crippen molar-refractivity contribution in [2.45, 2.75) is 6.04 Å². The van der Waals surface area contributed by atoms with Crippen molar-refractivity contribution in [2.24, 2.45) is 0 Å². The molecular formula is C20H17N5O5. The number of carbonyl (C=O) groups is 2.